The molecular formula is C18H22N4O. The highest BCUT2D eigenvalue weighted by Gasteiger charge is 2.31. The van der Waals surface area contributed by atoms with E-state index in [0.717, 1.165) is 37.3 Å². The minimum absolute atomic E-state index is 0.228. The number of rotatable bonds is 3. The lowest BCUT2D eigenvalue weighted by Gasteiger charge is -2.32. The largest absolute Gasteiger partial charge is 0.507 e. The lowest BCUT2D eigenvalue weighted by Crippen LogP contribution is -2.40. The van der Waals surface area contributed by atoms with Crippen molar-refractivity contribution in [2.24, 2.45) is 5.73 Å². The van der Waals surface area contributed by atoms with Gasteiger partial charge in [-0.15, -0.1) is 0 Å². The van der Waals surface area contributed by atoms with Crippen LogP contribution in [0.2, 0.25) is 0 Å². The summed E-state index contributed by atoms with van der Waals surface area (Å²) < 4.78 is 0. The van der Waals surface area contributed by atoms with Gasteiger partial charge in [0.1, 0.15) is 5.75 Å². The van der Waals surface area contributed by atoms with Gasteiger partial charge in [0.25, 0.3) is 0 Å². The van der Waals surface area contributed by atoms with Gasteiger partial charge < -0.3 is 15.7 Å². The molecule has 2 aliphatic rings. The molecule has 0 unspecified atom stereocenters. The van der Waals surface area contributed by atoms with E-state index in [0.29, 0.717) is 23.3 Å². The molecule has 1 aromatic carbocycles. The molecule has 1 saturated heterocycles. The van der Waals surface area contributed by atoms with Crippen molar-refractivity contribution in [2.75, 3.05) is 18.0 Å². The summed E-state index contributed by atoms with van der Waals surface area (Å²) in [5, 5.41) is 10.1. The predicted octanol–water partition coefficient (Wildman–Crippen LogP) is 2.65. The molecule has 2 heterocycles. The summed E-state index contributed by atoms with van der Waals surface area (Å²) in [4.78, 5) is 11.7. The molecule has 2 aromatic rings. The maximum absolute atomic E-state index is 10.1. The second-order valence-corrected chi connectivity index (χ2v) is 6.58. The third kappa shape index (κ3) is 2.88. The summed E-state index contributed by atoms with van der Waals surface area (Å²) in [5.74, 6) is 1.38. The molecule has 4 rings (SSSR count). The van der Waals surface area contributed by atoms with Crippen LogP contribution in [0.3, 0.4) is 0 Å². The Morgan fingerprint density at radius 3 is 2.52 bits per heavy atom. The van der Waals surface area contributed by atoms with Crippen molar-refractivity contribution >= 4 is 5.69 Å². The molecular weight excluding hydrogens is 288 g/mol. The van der Waals surface area contributed by atoms with Gasteiger partial charge in [-0.05, 0) is 37.8 Å². The third-order valence-corrected chi connectivity index (χ3v) is 4.79. The number of aromatic hydroxyl groups is 1. The fourth-order valence-electron chi connectivity index (χ4n) is 3.22. The normalized spacial score (nSPS) is 19.1. The first kappa shape index (κ1) is 14.5. The zero-order valence-electron chi connectivity index (χ0n) is 13.2. The van der Waals surface area contributed by atoms with Gasteiger partial charge in [0.15, 0.2) is 5.82 Å². The van der Waals surface area contributed by atoms with Gasteiger partial charge in [0.2, 0.25) is 0 Å². The maximum Gasteiger partial charge on any atom is 0.163 e. The van der Waals surface area contributed by atoms with Crippen molar-refractivity contribution in [3.05, 3.63) is 36.2 Å². The van der Waals surface area contributed by atoms with Crippen molar-refractivity contribution < 1.29 is 5.11 Å². The van der Waals surface area contributed by atoms with E-state index in [4.69, 9.17) is 10.7 Å². The summed E-state index contributed by atoms with van der Waals surface area (Å²) in [7, 11) is 0. The van der Waals surface area contributed by atoms with Crippen LogP contribution in [-0.2, 0) is 0 Å². The second kappa shape index (κ2) is 5.81. The van der Waals surface area contributed by atoms with Crippen LogP contribution < -0.4 is 10.6 Å². The number of aromatic nitrogens is 2. The quantitative estimate of drug-likeness (QED) is 0.911. The molecule has 5 heteroatoms. The van der Waals surface area contributed by atoms with Crippen molar-refractivity contribution in [1.82, 2.24) is 9.97 Å². The van der Waals surface area contributed by atoms with Crippen molar-refractivity contribution in [1.29, 1.82) is 0 Å². The van der Waals surface area contributed by atoms with Crippen LogP contribution >= 0.6 is 0 Å². The number of benzene rings is 1. The SMILES string of the molecule is NC1CCN(c2cnc(-c3ccccc3O)nc2C2CC2)CC1. The van der Waals surface area contributed by atoms with Crippen LogP contribution in [0, 0.1) is 0 Å². The molecule has 0 bridgehead atoms. The third-order valence-electron chi connectivity index (χ3n) is 4.79. The molecule has 2 fully saturated rings. The van der Waals surface area contributed by atoms with Gasteiger partial charge in [-0.3, -0.25) is 0 Å². The second-order valence-electron chi connectivity index (χ2n) is 6.58. The van der Waals surface area contributed by atoms with E-state index < -0.39 is 0 Å². The Kier molecular flexibility index (Phi) is 3.65. The van der Waals surface area contributed by atoms with E-state index in [9.17, 15) is 5.11 Å². The Morgan fingerprint density at radius 2 is 1.83 bits per heavy atom. The average Bonchev–Trinajstić information content (AvgIpc) is 3.41. The van der Waals surface area contributed by atoms with Crippen molar-refractivity contribution in [3.63, 3.8) is 0 Å². The van der Waals surface area contributed by atoms with Crippen LogP contribution in [0.25, 0.3) is 11.4 Å². The summed E-state index contributed by atoms with van der Waals surface area (Å²) in [5.41, 5.74) is 9.00. The predicted molar refractivity (Wildman–Crippen MR) is 90.5 cm³/mol. The monoisotopic (exact) mass is 310 g/mol. The van der Waals surface area contributed by atoms with Gasteiger partial charge in [-0.1, -0.05) is 12.1 Å². The molecule has 0 radical (unpaired) electrons. The van der Waals surface area contributed by atoms with E-state index in [2.05, 4.69) is 9.88 Å². The Hall–Kier alpha value is -2.14. The molecule has 3 N–H and O–H groups in total. The standard InChI is InChI=1S/C18H22N4O/c19-13-7-9-22(10-8-13)15-11-20-18(21-17(15)12-5-6-12)14-3-1-2-4-16(14)23/h1-4,11-13,23H,5-10,19H2. The number of nitrogens with zero attached hydrogens (tertiary/aromatic N) is 3. The van der Waals surface area contributed by atoms with Crippen LogP contribution in [0.15, 0.2) is 30.5 Å². The number of hydrogen-bond donors (Lipinski definition) is 2. The molecule has 0 amide bonds. The molecule has 120 valence electrons. The minimum Gasteiger partial charge on any atom is -0.507 e. The van der Waals surface area contributed by atoms with E-state index in [1.165, 1.54) is 12.8 Å². The highest BCUT2D eigenvalue weighted by atomic mass is 16.3. The first-order valence-electron chi connectivity index (χ1n) is 8.38. The molecule has 1 aromatic heterocycles. The number of para-hydroxylation sites is 1. The maximum atomic E-state index is 10.1. The lowest BCUT2D eigenvalue weighted by molar-refractivity contribution is 0.477. The topological polar surface area (TPSA) is 75.3 Å². The number of hydrogen-bond acceptors (Lipinski definition) is 5. The van der Waals surface area contributed by atoms with E-state index in [1.807, 2.05) is 24.4 Å². The molecule has 1 aliphatic heterocycles. The van der Waals surface area contributed by atoms with E-state index in [-0.39, 0.29) is 5.75 Å². The Labute approximate surface area is 136 Å². The number of anilines is 1. The van der Waals surface area contributed by atoms with Gasteiger partial charge >= 0.3 is 0 Å². The first-order chi connectivity index (χ1) is 11.2. The van der Waals surface area contributed by atoms with E-state index >= 15 is 0 Å². The molecule has 0 atom stereocenters. The fourth-order valence-corrected chi connectivity index (χ4v) is 3.22. The molecule has 0 spiro atoms. The number of nitrogens with two attached hydrogens (primary N) is 1. The minimum atomic E-state index is 0.228. The summed E-state index contributed by atoms with van der Waals surface area (Å²) in [6.07, 6.45) is 6.35. The van der Waals surface area contributed by atoms with Gasteiger partial charge in [0.05, 0.1) is 23.1 Å². The highest BCUT2D eigenvalue weighted by Crippen LogP contribution is 2.44. The van der Waals surface area contributed by atoms with Crippen LogP contribution in [0.1, 0.15) is 37.3 Å². The average molecular weight is 310 g/mol. The molecule has 5 nitrogen and oxygen atoms in total. The van der Waals surface area contributed by atoms with Crippen molar-refractivity contribution in [3.8, 4) is 17.1 Å². The lowest BCUT2D eigenvalue weighted by atomic mass is 10.0. The van der Waals surface area contributed by atoms with Gasteiger partial charge in [0, 0.05) is 25.0 Å². The summed E-state index contributed by atoms with van der Waals surface area (Å²) >= 11 is 0. The molecule has 1 saturated carbocycles. The smallest absolute Gasteiger partial charge is 0.163 e. The number of phenolic OH excluding ortho intramolecular Hbond substituents is 1. The fraction of sp³-hybridized carbons (Fsp3) is 0.444. The Balaban J connectivity index is 1.70. The summed E-state index contributed by atoms with van der Waals surface area (Å²) in [6.45, 7) is 1.94. The Bertz CT molecular complexity index is 706. The van der Waals surface area contributed by atoms with Crippen LogP contribution in [-0.4, -0.2) is 34.2 Å². The number of phenols is 1. The van der Waals surface area contributed by atoms with Gasteiger partial charge in [-0.25, -0.2) is 9.97 Å². The highest BCUT2D eigenvalue weighted by molar-refractivity contribution is 5.65. The van der Waals surface area contributed by atoms with Crippen LogP contribution in [0.4, 0.5) is 5.69 Å². The Morgan fingerprint density at radius 1 is 1.09 bits per heavy atom. The zero-order valence-corrected chi connectivity index (χ0v) is 13.2. The van der Waals surface area contributed by atoms with Crippen LogP contribution in [0.5, 0.6) is 5.75 Å². The molecule has 1 aliphatic carbocycles. The van der Waals surface area contributed by atoms with Crippen molar-refractivity contribution in [2.45, 2.75) is 37.6 Å². The van der Waals surface area contributed by atoms with E-state index in [1.54, 1.807) is 6.07 Å². The summed E-state index contributed by atoms with van der Waals surface area (Å²) in [6, 6.07) is 7.56. The molecule has 23 heavy (non-hydrogen) atoms. The zero-order chi connectivity index (χ0) is 15.8. The number of piperidine rings is 1. The van der Waals surface area contributed by atoms with Gasteiger partial charge in [-0.2, -0.15) is 0 Å². The first-order valence-corrected chi connectivity index (χ1v) is 8.38.